The zero-order valence-electron chi connectivity index (χ0n) is 9.99. The van der Waals surface area contributed by atoms with Gasteiger partial charge in [0.05, 0.1) is 6.57 Å². The summed E-state index contributed by atoms with van der Waals surface area (Å²) in [5.41, 5.74) is 1.27. The molecular formula is C13H17N3O. The van der Waals surface area contributed by atoms with Crippen LogP contribution in [0.4, 0.5) is 16.2 Å². The Morgan fingerprint density at radius 1 is 1.29 bits per heavy atom. The number of rotatable bonds is 5. The molecule has 1 aromatic rings. The maximum absolute atomic E-state index is 11.4. The van der Waals surface area contributed by atoms with Crippen LogP contribution in [0.5, 0.6) is 0 Å². The van der Waals surface area contributed by atoms with Gasteiger partial charge in [0.1, 0.15) is 0 Å². The van der Waals surface area contributed by atoms with Gasteiger partial charge in [-0.05, 0) is 18.6 Å². The molecule has 4 nitrogen and oxygen atoms in total. The summed E-state index contributed by atoms with van der Waals surface area (Å²) < 4.78 is 0. The molecule has 2 N–H and O–H groups in total. The fourth-order valence-corrected chi connectivity index (χ4v) is 1.37. The van der Waals surface area contributed by atoms with Crippen LogP contribution in [0.25, 0.3) is 4.85 Å². The first-order valence-corrected chi connectivity index (χ1v) is 5.78. The number of urea groups is 1. The van der Waals surface area contributed by atoms with Crippen molar-refractivity contribution in [3.63, 3.8) is 0 Å². The highest BCUT2D eigenvalue weighted by molar-refractivity contribution is 5.89. The van der Waals surface area contributed by atoms with Crippen LogP contribution in [0, 0.1) is 6.57 Å². The number of hydrogen-bond acceptors (Lipinski definition) is 1. The third kappa shape index (κ3) is 5.03. The summed E-state index contributed by atoms with van der Waals surface area (Å²) in [4.78, 5) is 14.7. The van der Waals surface area contributed by atoms with E-state index in [-0.39, 0.29) is 6.03 Å². The minimum atomic E-state index is -0.198. The molecular weight excluding hydrogens is 214 g/mol. The first-order valence-electron chi connectivity index (χ1n) is 5.78. The highest BCUT2D eigenvalue weighted by Gasteiger charge is 2.00. The fraction of sp³-hybridized carbons (Fsp3) is 0.385. The number of carbonyl (C=O) groups excluding carboxylic acids is 1. The highest BCUT2D eigenvalue weighted by atomic mass is 16.2. The number of hydrogen-bond donors (Lipinski definition) is 2. The quantitative estimate of drug-likeness (QED) is 0.590. The van der Waals surface area contributed by atoms with Crippen molar-refractivity contribution in [3.05, 3.63) is 35.7 Å². The Hall–Kier alpha value is -2.02. The molecule has 17 heavy (non-hydrogen) atoms. The van der Waals surface area contributed by atoms with E-state index in [2.05, 4.69) is 22.4 Å². The van der Waals surface area contributed by atoms with Gasteiger partial charge in [-0.25, -0.2) is 9.64 Å². The van der Waals surface area contributed by atoms with E-state index in [1.807, 2.05) is 0 Å². The van der Waals surface area contributed by atoms with Crippen molar-refractivity contribution in [1.29, 1.82) is 0 Å². The molecule has 1 aromatic carbocycles. The summed E-state index contributed by atoms with van der Waals surface area (Å²) >= 11 is 0. The number of anilines is 1. The molecule has 4 heteroatoms. The minimum Gasteiger partial charge on any atom is -0.338 e. The molecule has 0 atom stereocenters. The van der Waals surface area contributed by atoms with Crippen molar-refractivity contribution in [1.82, 2.24) is 5.32 Å². The Balaban J connectivity index is 2.32. The van der Waals surface area contributed by atoms with Crippen LogP contribution >= 0.6 is 0 Å². The number of nitrogens with zero attached hydrogens (tertiary/aromatic N) is 1. The fourth-order valence-electron chi connectivity index (χ4n) is 1.37. The van der Waals surface area contributed by atoms with Crippen LogP contribution in [-0.4, -0.2) is 12.6 Å². The Morgan fingerprint density at radius 2 is 2.00 bits per heavy atom. The van der Waals surface area contributed by atoms with Crippen molar-refractivity contribution >= 4 is 17.4 Å². The molecule has 0 radical (unpaired) electrons. The van der Waals surface area contributed by atoms with Gasteiger partial charge in [-0.15, -0.1) is 0 Å². The monoisotopic (exact) mass is 231 g/mol. The summed E-state index contributed by atoms with van der Waals surface area (Å²) in [6, 6.07) is 6.61. The number of amides is 2. The Kier molecular flexibility index (Phi) is 5.59. The van der Waals surface area contributed by atoms with E-state index >= 15 is 0 Å². The number of unbranched alkanes of at least 4 members (excludes halogenated alkanes) is 2. The lowest BCUT2D eigenvalue weighted by atomic mass is 10.2. The van der Waals surface area contributed by atoms with Crippen LogP contribution in [-0.2, 0) is 0 Å². The third-order valence-electron chi connectivity index (χ3n) is 2.32. The second kappa shape index (κ2) is 7.29. The van der Waals surface area contributed by atoms with E-state index in [0.717, 1.165) is 19.3 Å². The lowest BCUT2D eigenvalue weighted by Crippen LogP contribution is -2.29. The Morgan fingerprint density at radius 3 is 2.59 bits per heavy atom. The van der Waals surface area contributed by atoms with Gasteiger partial charge in [0.2, 0.25) is 0 Å². The van der Waals surface area contributed by atoms with Crippen molar-refractivity contribution in [2.24, 2.45) is 0 Å². The molecule has 2 amide bonds. The van der Waals surface area contributed by atoms with E-state index < -0.39 is 0 Å². The lowest BCUT2D eigenvalue weighted by molar-refractivity contribution is 0.252. The molecule has 0 heterocycles. The van der Waals surface area contributed by atoms with E-state index in [4.69, 9.17) is 6.57 Å². The van der Waals surface area contributed by atoms with Crippen molar-refractivity contribution in [3.8, 4) is 0 Å². The molecule has 0 aliphatic heterocycles. The number of benzene rings is 1. The molecule has 0 aliphatic carbocycles. The summed E-state index contributed by atoms with van der Waals surface area (Å²) in [5.74, 6) is 0. The van der Waals surface area contributed by atoms with Gasteiger partial charge in [0.25, 0.3) is 0 Å². The molecule has 0 aliphatic rings. The highest BCUT2D eigenvalue weighted by Crippen LogP contribution is 2.15. The standard InChI is InChI=1S/C13H17N3O/c1-3-4-5-10-15-13(17)16-12-8-6-11(14-2)7-9-12/h6-9H,3-5,10H2,1H3,(H2,15,16,17). The maximum Gasteiger partial charge on any atom is 0.319 e. The summed E-state index contributed by atoms with van der Waals surface area (Å²) in [5, 5.41) is 5.50. The zero-order valence-corrected chi connectivity index (χ0v) is 9.99. The van der Waals surface area contributed by atoms with Crippen molar-refractivity contribution in [2.75, 3.05) is 11.9 Å². The molecule has 0 unspecified atom stereocenters. The Bertz CT molecular complexity index is 392. The number of nitrogens with one attached hydrogen (secondary N) is 2. The van der Waals surface area contributed by atoms with Gasteiger partial charge in [-0.1, -0.05) is 31.9 Å². The second-order valence-corrected chi connectivity index (χ2v) is 3.75. The lowest BCUT2D eigenvalue weighted by Gasteiger charge is -2.07. The van der Waals surface area contributed by atoms with Crippen LogP contribution in [0.1, 0.15) is 26.2 Å². The summed E-state index contributed by atoms with van der Waals surface area (Å²) in [6.07, 6.45) is 3.27. The normalized spacial score (nSPS) is 9.41. The van der Waals surface area contributed by atoms with Gasteiger partial charge >= 0.3 is 6.03 Å². The van der Waals surface area contributed by atoms with Gasteiger partial charge in [-0.3, -0.25) is 0 Å². The topological polar surface area (TPSA) is 45.5 Å². The SMILES string of the molecule is [C-]#[N+]c1ccc(NC(=O)NCCCCC)cc1. The van der Waals surface area contributed by atoms with E-state index in [1.165, 1.54) is 0 Å². The van der Waals surface area contributed by atoms with Gasteiger partial charge < -0.3 is 10.6 Å². The minimum absolute atomic E-state index is 0.198. The van der Waals surface area contributed by atoms with Crippen molar-refractivity contribution < 1.29 is 4.79 Å². The second-order valence-electron chi connectivity index (χ2n) is 3.75. The van der Waals surface area contributed by atoms with Crippen LogP contribution in [0.3, 0.4) is 0 Å². The average molecular weight is 231 g/mol. The molecule has 0 saturated carbocycles. The van der Waals surface area contributed by atoms with E-state index in [1.54, 1.807) is 24.3 Å². The largest absolute Gasteiger partial charge is 0.338 e. The molecule has 0 saturated heterocycles. The number of carbonyl (C=O) groups is 1. The van der Waals surface area contributed by atoms with Crippen LogP contribution < -0.4 is 10.6 Å². The predicted molar refractivity (Wildman–Crippen MR) is 69.3 cm³/mol. The van der Waals surface area contributed by atoms with Crippen molar-refractivity contribution in [2.45, 2.75) is 26.2 Å². The molecule has 90 valence electrons. The van der Waals surface area contributed by atoms with E-state index in [9.17, 15) is 4.79 Å². The molecule has 0 aromatic heterocycles. The van der Waals surface area contributed by atoms with Gasteiger partial charge in [0, 0.05) is 12.2 Å². The molecule has 0 bridgehead atoms. The van der Waals surface area contributed by atoms with Crippen LogP contribution in [0.15, 0.2) is 24.3 Å². The first kappa shape index (κ1) is 13.0. The smallest absolute Gasteiger partial charge is 0.319 e. The predicted octanol–water partition coefficient (Wildman–Crippen LogP) is 3.55. The van der Waals surface area contributed by atoms with Gasteiger partial charge in [0.15, 0.2) is 5.69 Å². The Labute approximate surface area is 102 Å². The third-order valence-corrected chi connectivity index (χ3v) is 2.32. The molecule has 1 rings (SSSR count). The summed E-state index contributed by atoms with van der Waals surface area (Å²) in [6.45, 7) is 9.63. The molecule has 0 spiro atoms. The van der Waals surface area contributed by atoms with Gasteiger partial charge in [-0.2, -0.15) is 0 Å². The van der Waals surface area contributed by atoms with Crippen LogP contribution in [0.2, 0.25) is 0 Å². The summed E-state index contributed by atoms with van der Waals surface area (Å²) in [7, 11) is 0. The average Bonchev–Trinajstić information content (AvgIpc) is 2.36. The zero-order chi connectivity index (χ0) is 12.5. The van der Waals surface area contributed by atoms with E-state index in [0.29, 0.717) is 17.9 Å². The molecule has 0 fully saturated rings. The first-order chi connectivity index (χ1) is 8.26. The maximum atomic E-state index is 11.4.